The fourth-order valence-corrected chi connectivity index (χ4v) is 5.31. The van der Waals surface area contributed by atoms with E-state index in [-0.39, 0.29) is 17.6 Å². The number of nitrogens with one attached hydrogen (secondary N) is 1. The van der Waals surface area contributed by atoms with E-state index in [1.54, 1.807) is 30.1 Å². The molecule has 3 aromatic rings. The van der Waals surface area contributed by atoms with E-state index in [4.69, 9.17) is 16.3 Å². The summed E-state index contributed by atoms with van der Waals surface area (Å²) in [7, 11) is 1.72. The molecule has 0 saturated heterocycles. The number of rotatable bonds is 7. The number of Topliss-reactive ketones (excluding diaryl/α,β-unsaturated/α-hetero) is 1. The van der Waals surface area contributed by atoms with E-state index in [1.807, 2.05) is 30.3 Å². The Balaban J connectivity index is 1.55. The van der Waals surface area contributed by atoms with Gasteiger partial charge in [0.05, 0.1) is 22.2 Å². The normalized spacial score (nSPS) is 12.1. The smallest absolute Gasteiger partial charge is 0.268 e. The zero-order chi connectivity index (χ0) is 24.2. The SMILES string of the molecule is CC(=O)CCCNC(=O)c1ccc2c(c1)OCCc1cc(C(=O)N(C)c3ccccc3Cl)sc1-2. The van der Waals surface area contributed by atoms with Crippen LogP contribution in [0.4, 0.5) is 5.69 Å². The molecule has 8 heteroatoms. The summed E-state index contributed by atoms with van der Waals surface area (Å²) in [5.74, 6) is 0.392. The lowest BCUT2D eigenvalue weighted by molar-refractivity contribution is -0.117. The molecule has 0 unspecified atom stereocenters. The first-order valence-electron chi connectivity index (χ1n) is 11.1. The highest BCUT2D eigenvalue weighted by Gasteiger charge is 2.24. The van der Waals surface area contributed by atoms with Crippen LogP contribution in [0.5, 0.6) is 5.75 Å². The molecule has 6 nitrogen and oxygen atoms in total. The molecule has 34 heavy (non-hydrogen) atoms. The molecule has 0 saturated carbocycles. The van der Waals surface area contributed by atoms with E-state index >= 15 is 0 Å². The van der Waals surface area contributed by atoms with Crippen molar-refractivity contribution in [2.75, 3.05) is 25.1 Å². The highest BCUT2D eigenvalue weighted by molar-refractivity contribution is 7.17. The molecule has 1 aliphatic rings. The summed E-state index contributed by atoms with van der Waals surface area (Å²) in [5.41, 5.74) is 3.06. The molecule has 1 N–H and O–H groups in total. The van der Waals surface area contributed by atoms with Gasteiger partial charge in [0.25, 0.3) is 11.8 Å². The Morgan fingerprint density at radius 2 is 1.94 bits per heavy atom. The quantitative estimate of drug-likeness (QED) is 0.445. The number of nitrogens with zero attached hydrogens (tertiary/aromatic N) is 1. The number of halogens is 1. The zero-order valence-corrected chi connectivity index (χ0v) is 20.6. The third-order valence-corrected chi connectivity index (χ3v) is 7.17. The van der Waals surface area contributed by atoms with Crippen LogP contribution in [0.25, 0.3) is 10.4 Å². The van der Waals surface area contributed by atoms with Crippen molar-refractivity contribution >= 4 is 46.2 Å². The molecule has 0 bridgehead atoms. The summed E-state index contributed by atoms with van der Waals surface area (Å²) in [4.78, 5) is 39.9. The van der Waals surface area contributed by atoms with Gasteiger partial charge < -0.3 is 19.7 Å². The third-order valence-electron chi connectivity index (χ3n) is 5.65. The number of amides is 2. The van der Waals surface area contributed by atoms with E-state index in [9.17, 15) is 14.4 Å². The number of thiophene rings is 1. The van der Waals surface area contributed by atoms with Gasteiger partial charge in [-0.25, -0.2) is 0 Å². The van der Waals surface area contributed by atoms with Crippen LogP contribution >= 0.6 is 22.9 Å². The van der Waals surface area contributed by atoms with Crippen molar-refractivity contribution in [2.45, 2.75) is 26.2 Å². The van der Waals surface area contributed by atoms with E-state index in [0.29, 0.717) is 59.3 Å². The molecule has 2 heterocycles. The summed E-state index contributed by atoms with van der Waals surface area (Å²) >= 11 is 7.70. The van der Waals surface area contributed by atoms with Gasteiger partial charge in [-0.1, -0.05) is 23.7 Å². The third kappa shape index (κ3) is 5.16. The Kier molecular flexibility index (Phi) is 7.34. The van der Waals surface area contributed by atoms with Crippen molar-refractivity contribution in [1.29, 1.82) is 0 Å². The van der Waals surface area contributed by atoms with Gasteiger partial charge in [-0.05, 0) is 55.3 Å². The average molecular weight is 497 g/mol. The molecule has 1 aliphatic heterocycles. The van der Waals surface area contributed by atoms with E-state index < -0.39 is 0 Å². The van der Waals surface area contributed by atoms with Gasteiger partial charge in [0, 0.05) is 42.4 Å². The van der Waals surface area contributed by atoms with Gasteiger partial charge >= 0.3 is 0 Å². The minimum atomic E-state index is -0.206. The largest absolute Gasteiger partial charge is 0.493 e. The van der Waals surface area contributed by atoms with Crippen LogP contribution in [0.3, 0.4) is 0 Å². The number of ether oxygens (including phenoxy) is 1. The monoisotopic (exact) mass is 496 g/mol. The van der Waals surface area contributed by atoms with Crippen LogP contribution in [0.1, 0.15) is 45.4 Å². The molecule has 0 spiro atoms. The zero-order valence-electron chi connectivity index (χ0n) is 19.0. The molecule has 2 amide bonds. The Labute approximate surface area is 207 Å². The fraction of sp³-hybridized carbons (Fsp3) is 0.269. The van der Waals surface area contributed by atoms with E-state index in [1.165, 1.54) is 18.3 Å². The predicted octanol–water partition coefficient (Wildman–Crippen LogP) is 5.38. The second-order valence-electron chi connectivity index (χ2n) is 8.15. The van der Waals surface area contributed by atoms with Gasteiger partial charge in [-0.2, -0.15) is 0 Å². The number of benzene rings is 2. The van der Waals surface area contributed by atoms with Crippen LogP contribution in [-0.2, 0) is 11.2 Å². The van der Waals surface area contributed by atoms with Gasteiger partial charge in [0.1, 0.15) is 11.5 Å². The van der Waals surface area contributed by atoms with Crippen molar-refractivity contribution in [3.63, 3.8) is 0 Å². The minimum absolute atomic E-state index is 0.107. The fourth-order valence-electron chi connectivity index (χ4n) is 3.83. The summed E-state index contributed by atoms with van der Waals surface area (Å²) < 4.78 is 5.94. The number of hydrogen-bond donors (Lipinski definition) is 1. The number of hydrogen-bond acceptors (Lipinski definition) is 5. The highest BCUT2D eigenvalue weighted by Crippen LogP contribution is 2.41. The Bertz CT molecular complexity index is 1250. The lowest BCUT2D eigenvalue weighted by Gasteiger charge is -2.17. The first-order chi connectivity index (χ1) is 16.3. The topological polar surface area (TPSA) is 75.7 Å². The number of carbonyl (C=O) groups excluding carboxylic acids is 3. The number of ketones is 1. The Morgan fingerprint density at radius 3 is 2.71 bits per heavy atom. The second-order valence-corrected chi connectivity index (χ2v) is 9.61. The van der Waals surface area contributed by atoms with Crippen LogP contribution in [0.2, 0.25) is 5.02 Å². The number of anilines is 1. The number of fused-ring (bicyclic) bond motifs is 3. The maximum absolute atomic E-state index is 13.2. The maximum atomic E-state index is 13.2. The first kappa shape index (κ1) is 24.0. The Morgan fingerprint density at radius 1 is 1.15 bits per heavy atom. The standard InChI is InChI=1S/C26H25ClN2O4S/c1-16(30)6-5-12-28-25(31)18-9-10-19-22(14-18)33-13-11-17-15-23(34-24(17)19)26(32)29(2)21-8-4-3-7-20(21)27/h3-4,7-10,14-15H,5-6,11-13H2,1-2H3,(H,28,31). The molecular weight excluding hydrogens is 472 g/mol. The van der Waals surface area contributed by atoms with E-state index in [0.717, 1.165) is 16.0 Å². The van der Waals surface area contributed by atoms with Gasteiger partial charge in [-0.15, -0.1) is 11.3 Å². The summed E-state index contributed by atoms with van der Waals surface area (Å²) in [6, 6.07) is 14.5. The average Bonchev–Trinajstić information content (AvgIpc) is 3.17. The molecule has 0 radical (unpaired) electrons. The molecule has 176 valence electrons. The van der Waals surface area contributed by atoms with E-state index in [2.05, 4.69) is 5.32 Å². The molecule has 0 fully saturated rings. The lowest BCUT2D eigenvalue weighted by atomic mass is 10.0. The maximum Gasteiger partial charge on any atom is 0.268 e. The second kappa shape index (κ2) is 10.4. The van der Waals surface area contributed by atoms with Gasteiger partial charge in [0.2, 0.25) is 0 Å². The van der Waals surface area contributed by atoms with Crippen molar-refractivity contribution in [1.82, 2.24) is 5.32 Å². The van der Waals surface area contributed by atoms with Crippen LogP contribution in [0.15, 0.2) is 48.5 Å². The predicted molar refractivity (Wildman–Crippen MR) is 135 cm³/mol. The lowest BCUT2D eigenvalue weighted by Crippen LogP contribution is -2.25. The van der Waals surface area contributed by atoms with Crippen molar-refractivity contribution in [3.8, 4) is 16.2 Å². The molecule has 2 aromatic carbocycles. The Hall–Kier alpha value is -3.16. The molecule has 0 atom stereocenters. The molecule has 1 aromatic heterocycles. The van der Waals surface area contributed by atoms with Gasteiger partial charge in [-0.3, -0.25) is 9.59 Å². The molecular formula is C26H25ClN2O4S. The van der Waals surface area contributed by atoms with Crippen molar-refractivity contribution in [2.24, 2.45) is 0 Å². The minimum Gasteiger partial charge on any atom is -0.493 e. The van der Waals surface area contributed by atoms with Crippen molar-refractivity contribution < 1.29 is 19.1 Å². The summed E-state index contributed by atoms with van der Waals surface area (Å²) in [6.07, 6.45) is 1.72. The molecule has 0 aliphatic carbocycles. The highest BCUT2D eigenvalue weighted by atomic mass is 35.5. The summed E-state index contributed by atoms with van der Waals surface area (Å²) in [6.45, 7) is 2.43. The number of para-hydroxylation sites is 1. The summed E-state index contributed by atoms with van der Waals surface area (Å²) in [5, 5.41) is 3.36. The number of carbonyl (C=O) groups is 3. The molecule has 4 rings (SSSR count). The van der Waals surface area contributed by atoms with Crippen LogP contribution < -0.4 is 15.0 Å². The first-order valence-corrected chi connectivity index (χ1v) is 12.2. The van der Waals surface area contributed by atoms with Crippen LogP contribution in [-0.4, -0.2) is 37.8 Å². The van der Waals surface area contributed by atoms with Gasteiger partial charge in [0.15, 0.2) is 0 Å². The van der Waals surface area contributed by atoms with Crippen molar-refractivity contribution in [3.05, 3.63) is 69.6 Å². The van der Waals surface area contributed by atoms with Crippen LogP contribution in [0, 0.1) is 0 Å².